The maximum absolute atomic E-state index is 13.5. The third kappa shape index (κ3) is 9.05. The standard InChI is InChI=1S/C36H52N6O4/c1-3-33(44)39-30(35(45)37-23-27-21-29-11-7-8-20-42(29)24-27)22-26-14-12-25(13-15-26)16-17-32(43)34(28-9-5-4-6-10-28)40-36(46)31-18-19-38-41(31)2/h12-15,18-19,27-30,34H,3-11,16-17,20-24H2,1-2H3,(H,37,45)(H,39,44)(H,40,46)/t27?,29?,30-,34+/m1/s1. The second kappa shape index (κ2) is 16.3. The molecule has 0 radical (unpaired) electrons. The number of ketones is 1. The lowest BCUT2D eigenvalue weighted by Crippen LogP contribution is -2.49. The molecule has 1 aliphatic carbocycles. The van der Waals surface area contributed by atoms with Gasteiger partial charge in [0.05, 0.1) is 6.04 Å². The van der Waals surface area contributed by atoms with Crippen molar-refractivity contribution in [3.05, 3.63) is 53.3 Å². The predicted octanol–water partition coefficient (Wildman–Crippen LogP) is 3.73. The van der Waals surface area contributed by atoms with E-state index in [0.29, 0.717) is 49.9 Å². The summed E-state index contributed by atoms with van der Waals surface area (Å²) in [6.45, 7) is 4.64. The second-order valence-corrected chi connectivity index (χ2v) is 13.6. The lowest BCUT2D eigenvalue weighted by atomic mass is 9.81. The number of nitrogens with one attached hydrogen (secondary N) is 3. The van der Waals surface area contributed by atoms with Crippen molar-refractivity contribution in [1.82, 2.24) is 30.6 Å². The molecule has 2 aromatic rings. The fourth-order valence-corrected chi connectivity index (χ4v) is 7.62. The first-order valence-corrected chi connectivity index (χ1v) is 17.5. The molecule has 0 spiro atoms. The Morgan fingerprint density at radius 3 is 2.37 bits per heavy atom. The minimum absolute atomic E-state index is 0.0591. The van der Waals surface area contributed by atoms with Gasteiger partial charge in [0.15, 0.2) is 5.78 Å². The number of fused-ring (bicyclic) bond motifs is 1. The molecule has 0 bridgehead atoms. The number of nitrogens with zero attached hydrogens (tertiary/aromatic N) is 3. The Hall–Kier alpha value is -3.53. The van der Waals surface area contributed by atoms with Gasteiger partial charge in [-0.25, -0.2) is 0 Å². The lowest BCUT2D eigenvalue weighted by Gasteiger charge is -2.30. The molecular formula is C36H52N6O4. The third-order valence-corrected chi connectivity index (χ3v) is 10.3. The van der Waals surface area contributed by atoms with Crippen LogP contribution >= 0.6 is 0 Å². The molecule has 3 fully saturated rings. The molecule has 10 heteroatoms. The van der Waals surface area contributed by atoms with E-state index in [-0.39, 0.29) is 29.4 Å². The summed E-state index contributed by atoms with van der Waals surface area (Å²) in [5, 5.41) is 13.2. The largest absolute Gasteiger partial charge is 0.354 e. The first kappa shape index (κ1) is 33.8. The molecule has 10 nitrogen and oxygen atoms in total. The molecule has 3 aliphatic rings. The first-order valence-electron chi connectivity index (χ1n) is 17.5. The highest BCUT2D eigenvalue weighted by Gasteiger charge is 2.34. The summed E-state index contributed by atoms with van der Waals surface area (Å²) in [7, 11) is 1.72. The zero-order chi connectivity index (χ0) is 32.5. The summed E-state index contributed by atoms with van der Waals surface area (Å²) in [5.41, 5.74) is 2.42. The molecular weight excluding hydrogens is 580 g/mol. The molecule has 46 heavy (non-hydrogen) atoms. The molecule has 5 rings (SSSR count). The Bertz CT molecular complexity index is 1320. The highest BCUT2D eigenvalue weighted by molar-refractivity contribution is 5.97. The van der Waals surface area contributed by atoms with Gasteiger partial charge in [-0.05, 0) is 74.1 Å². The van der Waals surface area contributed by atoms with Gasteiger partial charge in [0.1, 0.15) is 11.7 Å². The molecule has 2 saturated heterocycles. The lowest BCUT2D eigenvalue weighted by molar-refractivity contribution is -0.128. The van der Waals surface area contributed by atoms with Crippen LogP contribution in [-0.2, 0) is 34.3 Å². The summed E-state index contributed by atoms with van der Waals surface area (Å²) in [4.78, 5) is 54.7. The average Bonchev–Trinajstić information content (AvgIpc) is 3.71. The van der Waals surface area contributed by atoms with Crippen molar-refractivity contribution in [3.8, 4) is 0 Å². The van der Waals surface area contributed by atoms with Crippen molar-refractivity contribution in [1.29, 1.82) is 0 Å². The summed E-state index contributed by atoms with van der Waals surface area (Å²) >= 11 is 0. The minimum Gasteiger partial charge on any atom is -0.354 e. The van der Waals surface area contributed by atoms with Crippen LogP contribution in [0.5, 0.6) is 0 Å². The van der Waals surface area contributed by atoms with Gasteiger partial charge in [0.2, 0.25) is 11.8 Å². The van der Waals surface area contributed by atoms with Crippen LogP contribution in [0.2, 0.25) is 0 Å². The Kier molecular flexibility index (Phi) is 12.0. The molecule has 250 valence electrons. The van der Waals surface area contributed by atoms with Crippen LogP contribution in [0.25, 0.3) is 0 Å². The number of amides is 3. The van der Waals surface area contributed by atoms with Crippen LogP contribution in [0, 0.1) is 11.8 Å². The highest BCUT2D eigenvalue weighted by Crippen LogP contribution is 2.30. The summed E-state index contributed by atoms with van der Waals surface area (Å²) < 4.78 is 1.53. The van der Waals surface area contributed by atoms with E-state index in [9.17, 15) is 19.2 Å². The summed E-state index contributed by atoms with van der Waals surface area (Å²) in [5.74, 6) is 0.125. The van der Waals surface area contributed by atoms with Gasteiger partial charge < -0.3 is 20.9 Å². The molecule has 1 saturated carbocycles. The number of aryl methyl sites for hydroxylation is 2. The Morgan fingerprint density at radius 2 is 1.67 bits per heavy atom. The van der Waals surface area contributed by atoms with Crippen molar-refractivity contribution >= 4 is 23.5 Å². The Morgan fingerprint density at radius 1 is 0.935 bits per heavy atom. The summed E-state index contributed by atoms with van der Waals surface area (Å²) in [6, 6.07) is 9.14. The van der Waals surface area contributed by atoms with Crippen molar-refractivity contribution in [2.24, 2.45) is 18.9 Å². The second-order valence-electron chi connectivity index (χ2n) is 13.6. The molecule has 3 heterocycles. The minimum atomic E-state index is -0.636. The van der Waals surface area contributed by atoms with Gasteiger partial charge in [-0.3, -0.25) is 23.9 Å². The first-order chi connectivity index (χ1) is 22.3. The van der Waals surface area contributed by atoms with Crippen molar-refractivity contribution in [2.45, 2.75) is 109 Å². The van der Waals surface area contributed by atoms with E-state index in [4.69, 9.17) is 0 Å². The number of hydrogen-bond donors (Lipinski definition) is 3. The maximum atomic E-state index is 13.5. The normalized spacial score (nSPS) is 21.6. The monoisotopic (exact) mass is 632 g/mol. The number of aromatic nitrogens is 2. The quantitative estimate of drug-likeness (QED) is 0.292. The number of hydrogen-bond acceptors (Lipinski definition) is 6. The van der Waals surface area contributed by atoms with Gasteiger partial charge in [-0.2, -0.15) is 5.10 Å². The van der Waals surface area contributed by atoms with Crippen LogP contribution in [-0.4, -0.2) is 75.9 Å². The number of Topliss-reactive ketones (excluding diaryl/α,β-unsaturated/α-hetero) is 1. The van der Waals surface area contributed by atoms with E-state index in [0.717, 1.165) is 56.3 Å². The van der Waals surface area contributed by atoms with Crippen LogP contribution in [0.4, 0.5) is 0 Å². The zero-order valence-electron chi connectivity index (χ0n) is 27.6. The van der Waals surface area contributed by atoms with E-state index < -0.39 is 12.1 Å². The Balaban J connectivity index is 1.15. The van der Waals surface area contributed by atoms with Crippen LogP contribution in [0.3, 0.4) is 0 Å². The molecule has 4 atom stereocenters. The molecule has 1 aromatic heterocycles. The molecule has 2 aliphatic heterocycles. The van der Waals surface area contributed by atoms with E-state index in [1.165, 1.54) is 30.4 Å². The number of benzene rings is 1. The van der Waals surface area contributed by atoms with Crippen molar-refractivity contribution < 1.29 is 19.2 Å². The predicted molar refractivity (Wildman–Crippen MR) is 177 cm³/mol. The van der Waals surface area contributed by atoms with E-state index in [2.05, 4.69) is 25.9 Å². The van der Waals surface area contributed by atoms with Gasteiger partial charge in [-0.15, -0.1) is 0 Å². The maximum Gasteiger partial charge on any atom is 0.270 e. The molecule has 3 N–H and O–H groups in total. The molecule has 1 aromatic carbocycles. The fraction of sp³-hybridized carbons (Fsp3) is 0.639. The van der Waals surface area contributed by atoms with Crippen molar-refractivity contribution in [3.63, 3.8) is 0 Å². The summed E-state index contributed by atoms with van der Waals surface area (Å²) in [6.07, 6.45) is 13.4. The van der Waals surface area contributed by atoms with Gasteiger partial charge in [0, 0.05) is 51.6 Å². The van der Waals surface area contributed by atoms with E-state index in [1.54, 1.807) is 26.2 Å². The fourth-order valence-electron chi connectivity index (χ4n) is 7.62. The SMILES string of the molecule is CCC(=O)N[C@H](Cc1ccc(CCC(=O)[C@@H](NC(=O)c2ccnn2C)C2CCCCC2)cc1)C(=O)NCC1CC2CCCCN2C1. The zero-order valence-corrected chi connectivity index (χ0v) is 27.6. The van der Waals surface area contributed by atoms with Gasteiger partial charge in [-0.1, -0.05) is 56.9 Å². The third-order valence-electron chi connectivity index (χ3n) is 10.3. The van der Waals surface area contributed by atoms with E-state index in [1.807, 2.05) is 24.3 Å². The van der Waals surface area contributed by atoms with Crippen LogP contribution in [0.15, 0.2) is 36.5 Å². The number of carbonyl (C=O) groups excluding carboxylic acids is 4. The van der Waals surface area contributed by atoms with Crippen molar-refractivity contribution in [2.75, 3.05) is 19.6 Å². The Labute approximate surface area is 273 Å². The number of carbonyl (C=O) groups is 4. The average molecular weight is 633 g/mol. The van der Waals surface area contributed by atoms with Crippen LogP contribution in [0.1, 0.15) is 99.2 Å². The van der Waals surface area contributed by atoms with Gasteiger partial charge in [0.25, 0.3) is 5.91 Å². The van der Waals surface area contributed by atoms with Crippen LogP contribution < -0.4 is 16.0 Å². The van der Waals surface area contributed by atoms with Gasteiger partial charge >= 0.3 is 0 Å². The van der Waals surface area contributed by atoms with E-state index >= 15 is 0 Å². The molecule has 2 unspecified atom stereocenters. The number of piperidine rings is 1. The molecule has 3 amide bonds. The topological polar surface area (TPSA) is 125 Å². The highest BCUT2D eigenvalue weighted by atomic mass is 16.2. The smallest absolute Gasteiger partial charge is 0.270 e. The number of rotatable bonds is 14.